The fourth-order valence-electron chi connectivity index (χ4n) is 4.88. The van der Waals surface area contributed by atoms with Crippen molar-refractivity contribution in [3.8, 4) is 5.75 Å². The summed E-state index contributed by atoms with van der Waals surface area (Å²) >= 11 is 0. The molecule has 3 saturated heterocycles. The highest BCUT2D eigenvalue weighted by atomic mass is 16.5. The predicted octanol–water partition coefficient (Wildman–Crippen LogP) is 1.93. The number of aromatic hydroxyl groups is 1. The molecule has 1 aromatic carbocycles. The van der Waals surface area contributed by atoms with E-state index in [0.717, 1.165) is 58.7 Å². The van der Waals surface area contributed by atoms with Gasteiger partial charge in [-0.1, -0.05) is 12.1 Å². The molecule has 3 heterocycles. The summed E-state index contributed by atoms with van der Waals surface area (Å²) in [7, 11) is 0. The fourth-order valence-corrected chi connectivity index (χ4v) is 4.88. The zero-order valence-electron chi connectivity index (χ0n) is 16.8. The molecule has 0 bridgehead atoms. The number of amides is 1. The average molecular weight is 388 g/mol. The number of ether oxygens (including phenoxy) is 1. The van der Waals surface area contributed by atoms with Gasteiger partial charge in [0.2, 0.25) is 5.91 Å². The summed E-state index contributed by atoms with van der Waals surface area (Å²) in [6, 6.07) is 8.15. The van der Waals surface area contributed by atoms with Gasteiger partial charge in [-0.2, -0.15) is 0 Å². The molecule has 4 rings (SSSR count). The topological polar surface area (TPSA) is 56.2 Å². The number of benzene rings is 1. The highest BCUT2D eigenvalue weighted by Gasteiger charge is 2.33. The molecular formula is C22H33N3O3. The zero-order valence-corrected chi connectivity index (χ0v) is 16.8. The van der Waals surface area contributed by atoms with Gasteiger partial charge in [-0.15, -0.1) is 0 Å². The van der Waals surface area contributed by atoms with E-state index < -0.39 is 0 Å². The highest BCUT2D eigenvalue weighted by molar-refractivity contribution is 5.79. The van der Waals surface area contributed by atoms with Gasteiger partial charge in [0, 0.05) is 32.2 Å². The minimum absolute atomic E-state index is 0.168. The Morgan fingerprint density at radius 3 is 2.43 bits per heavy atom. The summed E-state index contributed by atoms with van der Waals surface area (Å²) in [6.45, 7) is 8.09. The van der Waals surface area contributed by atoms with Crippen molar-refractivity contribution in [3.05, 3.63) is 29.8 Å². The number of rotatable bonds is 4. The van der Waals surface area contributed by atoms with Gasteiger partial charge >= 0.3 is 0 Å². The van der Waals surface area contributed by atoms with E-state index in [0.29, 0.717) is 30.9 Å². The molecule has 0 unspecified atom stereocenters. The zero-order chi connectivity index (χ0) is 19.3. The maximum atomic E-state index is 12.9. The first kappa shape index (κ1) is 19.7. The van der Waals surface area contributed by atoms with E-state index in [1.165, 1.54) is 18.4 Å². The van der Waals surface area contributed by atoms with Crippen LogP contribution in [0.3, 0.4) is 0 Å². The van der Waals surface area contributed by atoms with Crippen LogP contribution in [-0.2, 0) is 16.1 Å². The largest absolute Gasteiger partial charge is 0.508 e. The standard InChI is InChI=1S/C22H33N3O3/c26-21-5-3-18(4-6-21)16-23-10-7-20(8-11-23)25-9-1-2-19(17-25)22(27)24-12-14-28-15-13-24/h3-6,19-20,26H,1-2,7-17H2/t19-/m0/s1. The molecule has 1 amide bonds. The number of carbonyl (C=O) groups excluding carboxylic acids is 1. The van der Waals surface area contributed by atoms with Crippen molar-refractivity contribution in [2.24, 2.45) is 5.92 Å². The molecule has 3 aliphatic rings. The second-order valence-corrected chi connectivity index (χ2v) is 8.45. The molecule has 0 aliphatic carbocycles. The van der Waals surface area contributed by atoms with E-state index in [1.54, 1.807) is 12.1 Å². The van der Waals surface area contributed by atoms with Crippen LogP contribution in [0.2, 0.25) is 0 Å². The van der Waals surface area contributed by atoms with Crippen LogP contribution in [0.25, 0.3) is 0 Å². The molecule has 6 nitrogen and oxygen atoms in total. The van der Waals surface area contributed by atoms with E-state index in [1.807, 2.05) is 17.0 Å². The lowest BCUT2D eigenvalue weighted by Crippen LogP contribution is -2.52. The molecule has 3 aliphatic heterocycles. The van der Waals surface area contributed by atoms with Crippen LogP contribution in [0.15, 0.2) is 24.3 Å². The molecule has 0 radical (unpaired) electrons. The molecule has 0 aromatic heterocycles. The SMILES string of the molecule is O=C([C@H]1CCCN(C2CCN(Cc3ccc(O)cc3)CC2)C1)N1CCOCC1. The molecular weight excluding hydrogens is 354 g/mol. The quantitative estimate of drug-likeness (QED) is 0.856. The molecule has 6 heteroatoms. The molecule has 0 spiro atoms. The van der Waals surface area contributed by atoms with Crippen LogP contribution in [-0.4, -0.2) is 84.2 Å². The van der Waals surface area contributed by atoms with E-state index in [4.69, 9.17) is 4.74 Å². The number of phenols is 1. The molecule has 1 atom stereocenters. The van der Waals surface area contributed by atoms with Gasteiger partial charge in [-0.25, -0.2) is 0 Å². The Labute approximate surface area is 168 Å². The summed E-state index contributed by atoms with van der Waals surface area (Å²) in [5.41, 5.74) is 1.25. The summed E-state index contributed by atoms with van der Waals surface area (Å²) in [5, 5.41) is 9.43. The van der Waals surface area contributed by atoms with Crippen LogP contribution in [0.1, 0.15) is 31.2 Å². The molecule has 0 saturated carbocycles. The van der Waals surface area contributed by atoms with Crippen LogP contribution in [0.4, 0.5) is 0 Å². The summed E-state index contributed by atoms with van der Waals surface area (Å²) < 4.78 is 5.39. The van der Waals surface area contributed by atoms with Gasteiger partial charge in [0.05, 0.1) is 19.1 Å². The Bertz CT molecular complexity index is 637. The van der Waals surface area contributed by atoms with E-state index in [2.05, 4.69) is 9.80 Å². The number of hydrogen-bond acceptors (Lipinski definition) is 5. The third-order valence-electron chi connectivity index (χ3n) is 6.54. The minimum atomic E-state index is 0.168. The molecule has 1 aromatic rings. The van der Waals surface area contributed by atoms with Gasteiger partial charge in [0.25, 0.3) is 0 Å². The van der Waals surface area contributed by atoms with Gasteiger partial charge in [0.1, 0.15) is 5.75 Å². The normalized spacial score (nSPS) is 25.7. The Kier molecular flexibility index (Phi) is 6.50. The Hall–Kier alpha value is -1.63. The van der Waals surface area contributed by atoms with Gasteiger partial charge in [-0.3, -0.25) is 14.6 Å². The monoisotopic (exact) mass is 387 g/mol. The van der Waals surface area contributed by atoms with Crippen molar-refractivity contribution in [1.82, 2.24) is 14.7 Å². The average Bonchev–Trinajstić information content (AvgIpc) is 2.76. The Balaban J connectivity index is 1.25. The first-order chi connectivity index (χ1) is 13.7. The first-order valence-electron chi connectivity index (χ1n) is 10.8. The number of nitrogens with zero attached hydrogens (tertiary/aromatic N) is 3. The minimum Gasteiger partial charge on any atom is -0.508 e. The maximum Gasteiger partial charge on any atom is 0.227 e. The lowest BCUT2D eigenvalue weighted by atomic mass is 9.92. The third-order valence-corrected chi connectivity index (χ3v) is 6.54. The van der Waals surface area contributed by atoms with Crippen LogP contribution in [0.5, 0.6) is 5.75 Å². The summed E-state index contributed by atoms with van der Waals surface area (Å²) in [4.78, 5) is 20.0. The van der Waals surface area contributed by atoms with Crippen molar-refractivity contribution in [1.29, 1.82) is 0 Å². The number of morpholine rings is 1. The van der Waals surface area contributed by atoms with E-state index in [9.17, 15) is 9.90 Å². The van der Waals surface area contributed by atoms with Crippen LogP contribution in [0, 0.1) is 5.92 Å². The number of hydrogen-bond donors (Lipinski definition) is 1. The second-order valence-electron chi connectivity index (χ2n) is 8.45. The second kappa shape index (κ2) is 9.25. The summed E-state index contributed by atoms with van der Waals surface area (Å²) in [5.74, 6) is 0.841. The fraction of sp³-hybridized carbons (Fsp3) is 0.682. The van der Waals surface area contributed by atoms with Gasteiger partial charge in [0.15, 0.2) is 0 Å². The number of likely N-dealkylation sites (tertiary alicyclic amines) is 2. The summed E-state index contributed by atoms with van der Waals surface area (Å²) in [6.07, 6.45) is 4.52. The van der Waals surface area contributed by atoms with Crippen LogP contribution >= 0.6 is 0 Å². The Morgan fingerprint density at radius 1 is 1.00 bits per heavy atom. The van der Waals surface area contributed by atoms with Crippen molar-refractivity contribution < 1.29 is 14.6 Å². The number of piperidine rings is 2. The van der Waals surface area contributed by atoms with Crippen molar-refractivity contribution in [2.75, 3.05) is 52.5 Å². The lowest BCUT2D eigenvalue weighted by molar-refractivity contribution is -0.142. The predicted molar refractivity (Wildman–Crippen MR) is 108 cm³/mol. The van der Waals surface area contributed by atoms with E-state index >= 15 is 0 Å². The van der Waals surface area contributed by atoms with Gasteiger partial charge in [-0.05, 0) is 63.0 Å². The first-order valence-corrected chi connectivity index (χ1v) is 10.8. The molecule has 3 fully saturated rings. The molecule has 154 valence electrons. The van der Waals surface area contributed by atoms with Crippen LogP contribution < -0.4 is 0 Å². The van der Waals surface area contributed by atoms with Crippen molar-refractivity contribution in [2.45, 2.75) is 38.3 Å². The smallest absolute Gasteiger partial charge is 0.227 e. The Morgan fingerprint density at radius 2 is 1.71 bits per heavy atom. The molecule has 1 N–H and O–H groups in total. The van der Waals surface area contributed by atoms with E-state index in [-0.39, 0.29) is 5.92 Å². The lowest BCUT2D eigenvalue weighted by Gasteiger charge is -2.43. The number of carbonyl (C=O) groups is 1. The maximum absolute atomic E-state index is 12.9. The van der Waals surface area contributed by atoms with Crippen molar-refractivity contribution >= 4 is 5.91 Å². The van der Waals surface area contributed by atoms with Crippen molar-refractivity contribution in [3.63, 3.8) is 0 Å². The third kappa shape index (κ3) is 4.85. The number of phenolic OH excluding ortho intramolecular Hbond substituents is 1. The molecule has 28 heavy (non-hydrogen) atoms. The van der Waals surface area contributed by atoms with Gasteiger partial charge < -0.3 is 14.7 Å². The highest BCUT2D eigenvalue weighted by Crippen LogP contribution is 2.26.